The highest BCUT2D eigenvalue weighted by Gasteiger charge is 2.54. The molecule has 142 valence electrons. The average molecular weight is 363 g/mol. The summed E-state index contributed by atoms with van der Waals surface area (Å²) in [7, 11) is 0. The van der Waals surface area contributed by atoms with Gasteiger partial charge in [-0.05, 0) is 62.1 Å². The Hall–Kier alpha value is -1.83. The minimum Gasteiger partial charge on any atom is -0.205 e. The third-order valence-electron chi connectivity index (χ3n) is 7.70. The quantitative estimate of drug-likeness (QED) is 0.603. The third-order valence-corrected chi connectivity index (χ3v) is 7.70. The summed E-state index contributed by atoms with van der Waals surface area (Å²) in [5.74, 6) is 1.48. The largest absolute Gasteiger partial charge is 0.254 e. The van der Waals surface area contributed by atoms with Gasteiger partial charge in [0.25, 0.3) is 6.30 Å². The summed E-state index contributed by atoms with van der Waals surface area (Å²) in [6.45, 7) is 4.42. The lowest BCUT2D eigenvalue weighted by Crippen LogP contribution is -2.42. The number of hydrogen-bond donors (Lipinski definition) is 0. The van der Waals surface area contributed by atoms with Crippen molar-refractivity contribution in [2.45, 2.75) is 77.0 Å². The number of aryl methyl sites for hydroxylation is 1. The molecule has 3 aliphatic rings. The van der Waals surface area contributed by atoms with Gasteiger partial charge in [0.1, 0.15) is 11.4 Å². The lowest BCUT2D eigenvalue weighted by atomic mass is 9.60. The second-order valence-corrected chi connectivity index (χ2v) is 9.09. The minimum absolute atomic E-state index is 0.144. The number of nitrogens with zero attached hydrogens (tertiary/aromatic N) is 2. The molecule has 1 aliphatic heterocycles. The zero-order valence-corrected chi connectivity index (χ0v) is 16.9. The summed E-state index contributed by atoms with van der Waals surface area (Å²) in [5.41, 5.74) is 5.25. The SMILES string of the molecule is [2H]c1n2c(c(C)[n+]1-c1ccccc1C)C(C1CCCCC1)(C1CCCC1)C=C2. The van der Waals surface area contributed by atoms with Crippen LogP contribution in [0, 0.1) is 25.7 Å². The van der Waals surface area contributed by atoms with E-state index in [1.54, 1.807) is 0 Å². The van der Waals surface area contributed by atoms with Crippen molar-refractivity contribution < 1.29 is 5.94 Å². The van der Waals surface area contributed by atoms with Crippen LogP contribution in [-0.2, 0) is 5.41 Å². The Morgan fingerprint density at radius 1 is 0.963 bits per heavy atom. The Bertz CT molecular complexity index is 913. The van der Waals surface area contributed by atoms with E-state index in [-0.39, 0.29) is 5.41 Å². The Morgan fingerprint density at radius 3 is 2.26 bits per heavy atom. The topological polar surface area (TPSA) is 8.81 Å². The van der Waals surface area contributed by atoms with Crippen LogP contribution in [0.5, 0.6) is 0 Å². The van der Waals surface area contributed by atoms with Crippen LogP contribution in [0.1, 0.15) is 76.1 Å². The number of allylic oxidation sites excluding steroid dienone is 1. The van der Waals surface area contributed by atoms with Gasteiger partial charge in [0, 0.05) is 6.92 Å². The highest BCUT2D eigenvalue weighted by molar-refractivity contribution is 5.49. The molecule has 0 N–H and O–H groups in total. The highest BCUT2D eigenvalue weighted by Crippen LogP contribution is 2.54. The number of fused-ring (bicyclic) bond motifs is 1. The van der Waals surface area contributed by atoms with E-state index < -0.39 is 0 Å². The van der Waals surface area contributed by atoms with E-state index >= 15 is 0 Å². The van der Waals surface area contributed by atoms with Crippen LogP contribution in [0.2, 0.25) is 0 Å². The zero-order chi connectivity index (χ0) is 19.3. The van der Waals surface area contributed by atoms with E-state index in [4.69, 9.17) is 1.37 Å². The fourth-order valence-corrected chi connectivity index (χ4v) is 6.44. The molecule has 2 nitrogen and oxygen atoms in total. The number of rotatable bonds is 3. The van der Waals surface area contributed by atoms with Crippen LogP contribution in [0.15, 0.2) is 36.6 Å². The van der Waals surface area contributed by atoms with E-state index in [1.165, 1.54) is 74.7 Å². The summed E-state index contributed by atoms with van der Waals surface area (Å²) >= 11 is 0. The van der Waals surface area contributed by atoms with E-state index in [2.05, 4.69) is 59.5 Å². The minimum atomic E-state index is 0.144. The summed E-state index contributed by atoms with van der Waals surface area (Å²) < 4.78 is 13.4. The second-order valence-electron chi connectivity index (χ2n) is 9.09. The fourth-order valence-electron chi connectivity index (χ4n) is 6.44. The van der Waals surface area contributed by atoms with Crippen molar-refractivity contribution in [1.29, 1.82) is 0 Å². The molecule has 2 aliphatic carbocycles. The molecule has 1 aromatic carbocycles. The molecule has 1 atom stereocenters. The normalized spacial score (nSPS) is 26.5. The van der Waals surface area contributed by atoms with Crippen LogP contribution in [0.3, 0.4) is 0 Å². The lowest BCUT2D eigenvalue weighted by molar-refractivity contribution is -0.602. The molecule has 2 saturated carbocycles. The Balaban J connectivity index is 1.71. The molecule has 5 rings (SSSR count). The number of para-hydroxylation sites is 1. The Morgan fingerprint density at radius 2 is 1.59 bits per heavy atom. The maximum Gasteiger partial charge on any atom is 0.254 e. The van der Waals surface area contributed by atoms with Crippen LogP contribution >= 0.6 is 0 Å². The molecule has 1 unspecified atom stereocenters. The van der Waals surface area contributed by atoms with Gasteiger partial charge in [0.15, 0.2) is 7.06 Å². The molecule has 2 aromatic rings. The first-order chi connectivity index (χ1) is 13.6. The highest BCUT2D eigenvalue weighted by atomic mass is 15.2. The van der Waals surface area contributed by atoms with Crippen LogP contribution < -0.4 is 4.57 Å². The molecule has 0 saturated heterocycles. The van der Waals surface area contributed by atoms with Crippen molar-refractivity contribution in [3.8, 4) is 5.69 Å². The molecule has 0 radical (unpaired) electrons. The van der Waals surface area contributed by atoms with Gasteiger partial charge >= 0.3 is 0 Å². The standard InChI is InChI=1S/C25H33N2/c1-19-10-6-9-15-23(19)27-18-26-17-16-25(24(26)20(27)2,22-13-7-8-14-22)21-11-4-3-5-12-21/h6,9-10,15-18,21-22H,3-5,7-8,11-14H2,1-2H3/q+1/i18D. The summed E-state index contributed by atoms with van der Waals surface area (Å²) in [6, 6.07) is 8.51. The maximum absolute atomic E-state index is 9.02. The molecular formula is C25H33N2+. The number of benzene rings is 1. The number of hydrogen-bond acceptors (Lipinski definition) is 0. The van der Waals surface area contributed by atoms with Gasteiger partial charge in [-0.25, -0.2) is 4.57 Å². The molecule has 0 spiro atoms. The maximum atomic E-state index is 9.02. The van der Waals surface area contributed by atoms with Crippen LogP contribution in [0.25, 0.3) is 11.9 Å². The van der Waals surface area contributed by atoms with Crippen molar-refractivity contribution >= 4 is 6.20 Å². The van der Waals surface area contributed by atoms with Gasteiger partial charge in [-0.3, -0.25) is 0 Å². The van der Waals surface area contributed by atoms with Crippen molar-refractivity contribution in [2.24, 2.45) is 11.8 Å². The van der Waals surface area contributed by atoms with E-state index in [9.17, 15) is 0 Å². The average Bonchev–Trinajstić information content (AvgIpc) is 3.43. The van der Waals surface area contributed by atoms with Gasteiger partial charge in [-0.2, -0.15) is 4.57 Å². The molecule has 2 fully saturated rings. The first-order valence-corrected chi connectivity index (χ1v) is 11.0. The van der Waals surface area contributed by atoms with E-state index in [0.29, 0.717) is 6.30 Å². The van der Waals surface area contributed by atoms with Crippen molar-refractivity contribution in [1.82, 2.24) is 4.57 Å². The first-order valence-electron chi connectivity index (χ1n) is 11.5. The number of aromatic nitrogens is 2. The van der Waals surface area contributed by atoms with Crippen LogP contribution in [0.4, 0.5) is 0 Å². The van der Waals surface area contributed by atoms with Gasteiger partial charge < -0.3 is 0 Å². The lowest BCUT2D eigenvalue weighted by Gasteiger charge is -2.41. The Labute approximate surface area is 165 Å². The molecule has 0 bridgehead atoms. The monoisotopic (exact) mass is 362 g/mol. The Kier molecular flexibility index (Phi) is 3.98. The second kappa shape index (κ2) is 6.65. The first kappa shape index (κ1) is 16.2. The van der Waals surface area contributed by atoms with E-state index in [0.717, 1.165) is 17.5 Å². The smallest absolute Gasteiger partial charge is 0.205 e. The third kappa shape index (κ3) is 2.56. The van der Waals surface area contributed by atoms with Crippen LogP contribution in [-0.4, -0.2) is 4.57 Å². The summed E-state index contributed by atoms with van der Waals surface area (Å²) in [5, 5.41) is 0. The van der Waals surface area contributed by atoms with Gasteiger partial charge in [-0.1, -0.05) is 50.3 Å². The molecule has 0 amide bonds. The zero-order valence-electron chi connectivity index (χ0n) is 17.9. The van der Waals surface area contributed by atoms with Crippen molar-refractivity contribution in [3.63, 3.8) is 0 Å². The van der Waals surface area contributed by atoms with Gasteiger partial charge in [0.05, 0.1) is 11.6 Å². The molecule has 2 heterocycles. The summed E-state index contributed by atoms with van der Waals surface area (Å²) in [6.07, 6.45) is 17.7. The van der Waals surface area contributed by atoms with Gasteiger partial charge in [0.2, 0.25) is 0 Å². The predicted molar refractivity (Wildman–Crippen MR) is 111 cm³/mol. The van der Waals surface area contributed by atoms with Gasteiger partial charge in [-0.15, -0.1) is 0 Å². The molecule has 27 heavy (non-hydrogen) atoms. The predicted octanol–water partition coefficient (Wildman–Crippen LogP) is 5.87. The fraction of sp³-hybridized carbons (Fsp3) is 0.560. The molecular weight excluding hydrogens is 328 g/mol. The molecule has 2 heteroatoms. The molecule has 1 aromatic heterocycles. The van der Waals surface area contributed by atoms with Crippen molar-refractivity contribution in [2.75, 3.05) is 0 Å². The van der Waals surface area contributed by atoms with Crippen molar-refractivity contribution in [3.05, 3.63) is 53.6 Å². The number of imidazole rings is 1. The van der Waals surface area contributed by atoms with E-state index in [1.807, 2.05) is 0 Å². The summed E-state index contributed by atoms with van der Waals surface area (Å²) in [4.78, 5) is 0.